The molecule has 0 atom stereocenters. The van der Waals surface area contributed by atoms with E-state index in [0.717, 1.165) is 11.3 Å². The second-order valence-electron chi connectivity index (χ2n) is 5.75. The van der Waals surface area contributed by atoms with E-state index in [1.54, 1.807) is 29.2 Å². The van der Waals surface area contributed by atoms with Crippen molar-refractivity contribution in [1.29, 1.82) is 0 Å². The molecular formula is C19H19N3O3. The fraction of sp³-hybridized carbons (Fsp3) is 0.211. The summed E-state index contributed by atoms with van der Waals surface area (Å²) in [5, 5.41) is 5.29. The molecule has 6 nitrogen and oxygen atoms in total. The standard InChI is InChI=1S/C19H19N3O3/c23-17(13-21-19(25)14-6-2-1-3-7-14)20-10-11-22-16-9-5-4-8-15(16)12-18(22)24/h1-9H,10-13H2,(H,20,23)(H,21,25). The Balaban J connectivity index is 1.43. The number of para-hydroxylation sites is 1. The minimum Gasteiger partial charge on any atom is -0.353 e. The van der Waals surface area contributed by atoms with Crippen molar-refractivity contribution in [3.63, 3.8) is 0 Å². The Kier molecular flexibility index (Phi) is 5.09. The minimum absolute atomic E-state index is 0.0350. The lowest BCUT2D eigenvalue weighted by Crippen LogP contribution is -2.41. The van der Waals surface area contributed by atoms with Gasteiger partial charge < -0.3 is 15.5 Å². The van der Waals surface area contributed by atoms with Gasteiger partial charge in [-0.1, -0.05) is 36.4 Å². The molecule has 1 aliphatic rings. The van der Waals surface area contributed by atoms with Gasteiger partial charge in [0.15, 0.2) is 0 Å². The number of fused-ring (bicyclic) bond motifs is 1. The van der Waals surface area contributed by atoms with Gasteiger partial charge in [0.05, 0.1) is 13.0 Å². The molecular weight excluding hydrogens is 318 g/mol. The predicted molar refractivity (Wildman–Crippen MR) is 94.3 cm³/mol. The molecule has 2 N–H and O–H groups in total. The summed E-state index contributed by atoms with van der Waals surface area (Å²) in [7, 11) is 0. The Morgan fingerprint density at radius 1 is 0.960 bits per heavy atom. The number of nitrogens with one attached hydrogen (secondary N) is 2. The number of benzene rings is 2. The Labute approximate surface area is 145 Å². The molecule has 25 heavy (non-hydrogen) atoms. The monoisotopic (exact) mass is 337 g/mol. The number of anilines is 1. The maximum absolute atomic E-state index is 12.0. The molecule has 0 aromatic heterocycles. The third-order valence-corrected chi connectivity index (χ3v) is 4.03. The van der Waals surface area contributed by atoms with Crippen LogP contribution >= 0.6 is 0 Å². The summed E-state index contributed by atoms with van der Waals surface area (Å²) in [4.78, 5) is 37.4. The number of hydrogen-bond donors (Lipinski definition) is 2. The smallest absolute Gasteiger partial charge is 0.251 e. The number of amides is 3. The maximum Gasteiger partial charge on any atom is 0.251 e. The first-order valence-electron chi connectivity index (χ1n) is 8.13. The van der Waals surface area contributed by atoms with Crippen molar-refractivity contribution in [3.05, 3.63) is 65.7 Å². The van der Waals surface area contributed by atoms with Crippen LogP contribution in [0.4, 0.5) is 5.69 Å². The molecule has 0 spiro atoms. The van der Waals surface area contributed by atoms with E-state index in [4.69, 9.17) is 0 Å². The number of rotatable bonds is 6. The molecule has 0 unspecified atom stereocenters. The van der Waals surface area contributed by atoms with E-state index in [9.17, 15) is 14.4 Å². The maximum atomic E-state index is 12.0. The Morgan fingerprint density at radius 3 is 2.48 bits per heavy atom. The number of nitrogens with zero attached hydrogens (tertiary/aromatic N) is 1. The van der Waals surface area contributed by atoms with Crippen LogP contribution in [0.25, 0.3) is 0 Å². The zero-order valence-electron chi connectivity index (χ0n) is 13.7. The van der Waals surface area contributed by atoms with E-state index in [-0.39, 0.29) is 24.3 Å². The quantitative estimate of drug-likeness (QED) is 0.829. The van der Waals surface area contributed by atoms with Gasteiger partial charge in [-0.2, -0.15) is 0 Å². The number of hydrogen-bond acceptors (Lipinski definition) is 3. The molecule has 3 amide bonds. The first-order chi connectivity index (χ1) is 12.1. The van der Waals surface area contributed by atoms with E-state index in [1.165, 1.54) is 0 Å². The van der Waals surface area contributed by atoms with E-state index in [0.29, 0.717) is 25.1 Å². The van der Waals surface area contributed by atoms with Gasteiger partial charge in [0.2, 0.25) is 11.8 Å². The van der Waals surface area contributed by atoms with Gasteiger partial charge in [-0.3, -0.25) is 14.4 Å². The van der Waals surface area contributed by atoms with Crippen LogP contribution in [0, 0.1) is 0 Å². The van der Waals surface area contributed by atoms with Crippen LogP contribution in [0.5, 0.6) is 0 Å². The normalized spacial score (nSPS) is 12.6. The van der Waals surface area contributed by atoms with Crippen molar-refractivity contribution >= 4 is 23.4 Å². The summed E-state index contributed by atoms with van der Waals surface area (Å²) in [5.41, 5.74) is 2.42. The zero-order chi connectivity index (χ0) is 17.6. The molecule has 1 heterocycles. The molecule has 0 fully saturated rings. The van der Waals surface area contributed by atoms with Crippen LogP contribution in [0.2, 0.25) is 0 Å². The van der Waals surface area contributed by atoms with E-state index in [2.05, 4.69) is 10.6 Å². The fourth-order valence-electron chi connectivity index (χ4n) is 2.78. The Morgan fingerprint density at radius 2 is 1.68 bits per heavy atom. The van der Waals surface area contributed by atoms with Gasteiger partial charge in [-0.25, -0.2) is 0 Å². The molecule has 0 saturated carbocycles. The Bertz CT molecular complexity index is 790. The van der Waals surface area contributed by atoms with Crippen LogP contribution < -0.4 is 15.5 Å². The average Bonchev–Trinajstić information content (AvgIpc) is 2.96. The van der Waals surface area contributed by atoms with Crippen LogP contribution in [0.1, 0.15) is 15.9 Å². The van der Waals surface area contributed by atoms with Gasteiger partial charge >= 0.3 is 0 Å². The Hall–Kier alpha value is -3.15. The molecule has 0 aliphatic carbocycles. The molecule has 0 saturated heterocycles. The SMILES string of the molecule is O=C(CNC(=O)c1ccccc1)NCCN1C(=O)Cc2ccccc21. The second-order valence-corrected chi connectivity index (χ2v) is 5.75. The van der Waals surface area contributed by atoms with Crippen molar-refractivity contribution in [2.24, 2.45) is 0 Å². The highest BCUT2D eigenvalue weighted by Gasteiger charge is 2.26. The number of carbonyl (C=O) groups excluding carboxylic acids is 3. The third kappa shape index (κ3) is 4.03. The van der Waals surface area contributed by atoms with Crippen molar-refractivity contribution in [2.75, 3.05) is 24.5 Å². The summed E-state index contributed by atoms with van der Waals surface area (Å²) in [6, 6.07) is 16.4. The zero-order valence-corrected chi connectivity index (χ0v) is 13.7. The molecule has 2 aromatic rings. The third-order valence-electron chi connectivity index (χ3n) is 4.03. The van der Waals surface area contributed by atoms with Crippen molar-refractivity contribution < 1.29 is 14.4 Å². The van der Waals surface area contributed by atoms with Crippen LogP contribution in [0.15, 0.2) is 54.6 Å². The first kappa shape index (κ1) is 16.7. The van der Waals surface area contributed by atoms with E-state index in [1.807, 2.05) is 30.3 Å². The lowest BCUT2D eigenvalue weighted by molar-refractivity contribution is -0.120. The molecule has 3 rings (SSSR count). The largest absolute Gasteiger partial charge is 0.353 e. The van der Waals surface area contributed by atoms with Crippen LogP contribution in [-0.4, -0.2) is 37.4 Å². The van der Waals surface area contributed by atoms with Gasteiger partial charge in [-0.05, 0) is 23.8 Å². The van der Waals surface area contributed by atoms with Crippen LogP contribution in [-0.2, 0) is 16.0 Å². The lowest BCUT2D eigenvalue weighted by atomic mass is 10.2. The first-order valence-corrected chi connectivity index (χ1v) is 8.13. The van der Waals surface area contributed by atoms with Gasteiger partial charge in [0.1, 0.15) is 0 Å². The van der Waals surface area contributed by atoms with Crippen LogP contribution in [0.3, 0.4) is 0 Å². The van der Waals surface area contributed by atoms with E-state index < -0.39 is 0 Å². The van der Waals surface area contributed by atoms with Crippen molar-refractivity contribution in [1.82, 2.24) is 10.6 Å². The second kappa shape index (κ2) is 7.61. The van der Waals surface area contributed by atoms with Gasteiger partial charge in [0, 0.05) is 24.3 Å². The topological polar surface area (TPSA) is 78.5 Å². The summed E-state index contributed by atoms with van der Waals surface area (Å²) in [6.07, 6.45) is 0.400. The van der Waals surface area contributed by atoms with Gasteiger partial charge in [0.25, 0.3) is 5.91 Å². The highest BCUT2D eigenvalue weighted by molar-refractivity contribution is 6.01. The van der Waals surface area contributed by atoms with Gasteiger partial charge in [-0.15, -0.1) is 0 Å². The molecule has 6 heteroatoms. The average molecular weight is 337 g/mol. The van der Waals surface area contributed by atoms with Crippen molar-refractivity contribution in [3.8, 4) is 0 Å². The molecule has 128 valence electrons. The molecule has 0 radical (unpaired) electrons. The molecule has 0 bridgehead atoms. The summed E-state index contributed by atoms with van der Waals surface area (Å²) >= 11 is 0. The minimum atomic E-state index is -0.292. The molecule has 2 aromatic carbocycles. The fourth-order valence-corrected chi connectivity index (χ4v) is 2.78. The highest BCUT2D eigenvalue weighted by Crippen LogP contribution is 2.27. The summed E-state index contributed by atoms with van der Waals surface area (Å²) < 4.78 is 0. The van der Waals surface area contributed by atoms with Crippen molar-refractivity contribution in [2.45, 2.75) is 6.42 Å². The predicted octanol–water partition coefficient (Wildman–Crippen LogP) is 1.12. The lowest BCUT2D eigenvalue weighted by Gasteiger charge is -2.17. The summed E-state index contributed by atoms with van der Waals surface area (Å²) in [6.45, 7) is 0.645. The molecule has 1 aliphatic heterocycles. The highest BCUT2D eigenvalue weighted by atomic mass is 16.2. The van der Waals surface area contributed by atoms with E-state index >= 15 is 0 Å². The number of carbonyl (C=O) groups is 3. The summed E-state index contributed by atoms with van der Waals surface area (Å²) in [5.74, 6) is -0.545.